The van der Waals surface area contributed by atoms with Gasteiger partial charge in [-0.05, 0) is 42.7 Å². The third kappa shape index (κ3) is 3.57. The first-order valence-corrected chi connectivity index (χ1v) is 9.75. The Morgan fingerprint density at radius 3 is 2.87 bits per heavy atom. The van der Waals surface area contributed by atoms with Crippen LogP contribution >= 0.6 is 0 Å². The second-order valence-electron chi connectivity index (χ2n) is 7.07. The lowest BCUT2D eigenvalue weighted by molar-refractivity contribution is 0.0925. The fourth-order valence-electron chi connectivity index (χ4n) is 3.69. The normalized spacial score (nSPS) is 14.0. The highest BCUT2D eigenvalue weighted by Crippen LogP contribution is 2.34. The molecule has 0 fully saturated rings. The van der Waals surface area contributed by atoms with Crippen molar-refractivity contribution in [3.05, 3.63) is 77.8 Å². The summed E-state index contributed by atoms with van der Waals surface area (Å²) in [5, 5.41) is 19.4. The molecule has 0 atom stereocenters. The maximum absolute atomic E-state index is 12.9. The van der Waals surface area contributed by atoms with Gasteiger partial charge >= 0.3 is 0 Å². The van der Waals surface area contributed by atoms with Crippen molar-refractivity contribution >= 4 is 34.0 Å². The Labute approximate surface area is 176 Å². The molecular weight excluding hydrogens is 396 g/mol. The van der Waals surface area contributed by atoms with Gasteiger partial charge in [0.05, 0.1) is 24.1 Å². The number of hydrogen-bond donors (Lipinski definition) is 3. The lowest BCUT2D eigenvalue weighted by Gasteiger charge is -2.09. The van der Waals surface area contributed by atoms with Crippen molar-refractivity contribution in [2.45, 2.75) is 19.4 Å². The van der Waals surface area contributed by atoms with Crippen LogP contribution in [0.15, 0.2) is 64.7 Å². The predicted molar refractivity (Wildman–Crippen MR) is 114 cm³/mol. The maximum Gasteiger partial charge on any atom is 0.289 e. The minimum atomic E-state index is -0.387. The molecule has 3 N–H and O–H groups in total. The van der Waals surface area contributed by atoms with Gasteiger partial charge in [0.1, 0.15) is 5.82 Å². The van der Waals surface area contributed by atoms with E-state index in [2.05, 4.69) is 30.7 Å². The Bertz CT molecular complexity index is 1300. The molecule has 0 saturated carbocycles. The van der Waals surface area contributed by atoms with E-state index in [9.17, 15) is 4.79 Å². The average Bonchev–Trinajstić information content (AvgIpc) is 3.39. The summed E-state index contributed by atoms with van der Waals surface area (Å²) in [7, 11) is 0. The summed E-state index contributed by atoms with van der Waals surface area (Å²) in [6.45, 7) is 0.177. The minimum absolute atomic E-state index is 0.150. The summed E-state index contributed by atoms with van der Waals surface area (Å²) in [4.78, 5) is 25.2. The zero-order valence-electron chi connectivity index (χ0n) is 16.4. The van der Waals surface area contributed by atoms with Gasteiger partial charge in [-0.1, -0.05) is 11.2 Å². The fraction of sp³-hybridized carbons (Fsp3) is 0.136. The third-order valence-electron chi connectivity index (χ3n) is 5.16. The van der Waals surface area contributed by atoms with Gasteiger partial charge in [-0.15, -0.1) is 0 Å². The number of anilines is 2. The van der Waals surface area contributed by atoms with Gasteiger partial charge in [0.25, 0.3) is 5.91 Å². The highest BCUT2D eigenvalue weighted by molar-refractivity contribution is 6.07. The first kappa shape index (κ1) is 18.7. The largest absolute Gasteiger partial charge is 0.447 e. The van der Waals surface area contributed by atoms with Gasteiger partial charge in [-0.25, -0.2) is 9.97 Å². The fourth-order valence-corrected chi connectivity index (χ4v) is 3.69. The molecule has 9 heteroatoms. The van der Waals surface area contributed by atoms with Crippen molar-refractivity contribution in [2.75, 3.05) is 5.32 Å². The van der Waals surface area contributed by atoms with Gasteiger partial charge in [-0.3, -0.25) is 9.78 Å². The molecule has 0 saturated heterocycles. The number of amides is 1. The van der Waals surface area contributed by atoms with Gasteiger partial charge in [0.15, 0.2) is 5.58 Å². The number of aromatic nitrogens is 3. The van der Waals surface area contributed by atoms with Gasteiger partial charge in [0, 0.05) is 35.2 Å². The van der Waals surface area contributed by atoms with Crippen LogP contribution in [0.3, 0.4) is 0 Å². The highest BCUT2D eigenvalue weighted by atomic mass is 16.4. The maximum atomic E-state index is 12.9. The smallest absolute Gasteiger partial charge is 0.289 e. The Balaban J connectivity index is 1.46. The lowest BCUT2D eigenvalue weighted by Crippen LogP contribution is -2.24. The molecule has 1 amide bonds. The number of nitrogens with zero attached hydrogens (tertiary/aromatic N) is 4. The molecule has 1 aromatic carbocycles. The van der Waals surface area contributed by atoms with E-state index in [4.69, 9.17) is 9.62 Å². The zero-order chi connectivity index (χ0) is 21.2. The molecule has 31 heavy (non-hydrogen) atoms. The standard InChI is InChI=1S/C22H18N6O3/c29-22(26-12-19-24-7-1-8-25-19)21-20(16-6-9-23-11-18(16)31-21)27-14-3-4-15-13(10-14)2-5-17(15)28-30/h1,3-4,6-11,27,30H,2,5,12H2,(H,26,29). The lowest BCUT2D eigenvalue weighted by atomic mass is 10.1. The monoisotopic (exact) mass is 414 g/mol. The molecule has 1 aliphatic carbocycles. The SMILES string of the molecule is O=C(NCc1ncccn1)c1oc2cnccc2c1Nc1ccc2c(c1)CCC2=NO. The van der Waals surface area contributed by atoms with Crippen LogP contribution in [0, 0.1) is 0 Å². The van der Waals surface area contributed by atoms with Crippen LogP contribution in [0.4, 0.5) is 11.4 Å². The number of carbonyl (C=O) groups is 1. The highest BCUT2D eigenvalue weighted by Gasteiger charge is 2.23. The molecule has 0 radical (unpaired) electrons. The first-order chi connectivity index (χ1) is 15.2. The predicted octanol–water partition coefficient (Wildman–Crippen LogP) is 3.42. The Kier molecular flexibility index (Phi) is 4.75. The summed E-state index contributed by atoms with van der Waals surface area (Å²) >= 11 is 0. The number of carbonyl (C=O) groups excluding carboxylic acids is 1. The van der Waals surface area contributed by atoms with E-state index >= 15 is 0 Å². The molecule has 154 valence electrons. The van der Waals surface area contributed by atoms with Gasteiger partial charge in [0.2, 0.25) is 5.76 Å². The molecule has 3 heterocycles. The van der Waals surface area contributed by atoms with Crippen LogP contribution in [-0.2, 0) is 13.0 Å². The van der Waals surface area contributed by atoms with Crippen LogP contribution in [0.5, 0.6) is 0 Å². The van der Waals surface area contributed by atoms with E-state index in [1.165, 1.54) is 0 Å². The number of rotatable bonds is 5. The van der Waals surface area contributed by atoms with Crippen LogP contribution in [0.2, 0.25) is 0 Å². The van der Waals surface area contributed by atoms with Crippen molar-refractivity contribution in [1.82, 2.24) is 20.3 Å². The van der Waals surface area contributed by atoms with E-state index in [0.29, 0.717) is 29.2 Å². The molecule has 0 unspecified atom stereocenters. The van der Waals surface area contributed by atoms with E-state index in [-0.39, 0.29) is 18.2 Å². The Morgan fingerprint density at radius 1 is 1.16 bits per heavy atom. The summed E-state index contributed by atoms with van der Waals surface area (Å²) in [5.41, 5.74) is 4.57. The summed E-state index contributed by atoms with van der Waals surface area (Å²) in [6.07, 6.45) is 7.96. The number of aryl methyl sites for hydroxylation is 1. The number of hydrogen-bond acceptors (Lipinski definition) is 8. The molecule has 9 nitrogen and oxygen atoms in total. The average molecular weight is 414 g/mol. The van der Waals surface area contributed by atoms with Gasteiger partial charge in [-0.2, -0.15) is 0 Å². The van der Waals surface area contributed by atoms with E-state index in [1.807, 2.05) is 18.2 Å². The summed E-state index contributed by atoms with van der Waals surface area (Å²) in [6, 6.07) is 9.30. The van der Waals surface area contributed by atoms with Gasteiger partial charge < -0.3 is 20.3 Å². The molecule has 5 rings (SSSR count). The topological polar surface area (TPSA) is 126 Å². The number of nitrogens with one attached hydrogen (secondary N) is 2. The summed E-state index contributed by atoms with van der Waals surface area (Å²) < 4.78 is 5.82. The van der Waals surface area contributed by atoms with Crippen LogP contribution in [-0.4, -0.2) is 31.8 Å². The van der Waals surface area contributed by atoms with Crippen molar-refractivity contribution in [2.24, 2.45) is 5.16 Å². The number of furan rings is 1. The molecule has 0 aliphatic heterocycles. The number of benzene rings is 1. The quantitative estimate of drug-likeness (QED) is 0.337. The van der Waals surface area contributed by atoms with Crippen LogP contribution in [0.25, 0.3) is 11.0 Å². The van der Waals surface area contributed by atoms with E-state index in [1.54, 1.807) is 36.9 Å². The number of fused-ring (bicyclic) bond motifs is 2. The van der Waals surface area contributed by atoms with E-state index < -0.39 is 0 Å². The molecular formula is C22H18N6O3. The number of pyridine rings is 1. The molecule has 0 bridgehead atoms. The zero-order valence-corrected chi connectivity index (χ0v) is 16.4. The second kappa shape index (κ2) is 7.86. The van der Waals surface area contributed by atoms with E-state index in [0.717, 1.165) is 28.6 Å². The Morgan fingerprint density at radius 2 is 2.03 bits per heavy atom. The number of oxime groups is 1. The summed E-state index contributed by atoms with van der Waals surface area (Å²) in [5.74, 6) is 0.266. The van der Waals surface area contributed by atoms with Crippen molar-refractivity contribution in [1.29, 1.82) is 0 Å². The van der Waals surface area contributed by atoms with Crippen molar-refractivity contribution < 1.29 is 14.4 Å². The van der Waals surface area contributed by atoms with Crippen molar-refractivity contribution in [3.63, 3.8) is 0 Å². The molecule has 0 spiro atoms. The minimum Gasteiger partial charge on any atom is -0.447 e. The second-order valence-corrected chi connectivity index (χ2v) is 7.07. The first-order valence-electron chi connectivity index (χ1n) is 9.75. The molecule has 4 aromatic rings. The van der Waals surface area contributed by atoms with Crippen LogP contribution in [0.1, 0.15) is 33.9 Å². The van der Waals surface area contributed by atoms with Crippen LogP contribution < -0.4 is 10.6 Å². The molecule has 3 aromatic heterocycles. The third-order valence-corrected chi connectivity index (χ3v) is 5.16. The molecule has 1 aliphatic rings. The Hall–Kier alpha value is -4.27. The van der Waals surface area contributed by atoms with Crippen molar-refractivity contribution in [3.8, 4) is 0 Å².